The number of ether oxygens (including phenoxy) is 1. The molecule has 0 aromatic carbocycles. The first kappa shape index (κ1) is 16.3. The molecule has 0 aromatic heterocycles. The standard InChI is InChI=1S/C15H30N2O2/c1-6-11(2)13(16)12-9-7-8-10-17(12)14(18)19-15(3,4)5/h11-13H,6-10,16H2,1-5H3. The number of hydrogen-bond donors (Lipinski definition) is 1. The molecule has 112 valence electrons. The summed E-state index contributed by atoms with van der Waals surface area (Å²) in [4.78, 5) is 14.1. The van der Waals surface area contributed by atoms with Crippen molar-refractivity contribution in [2.24, 2.45) is 11.7 Å². The summed E-state index contributed by atoms with van der Waals surface area (Å²) in [7, 11) is 0. The Morgan fingerprint density at radius 1 is 1.42 bits per heavy atom. The van der Waals surface area contributed by atoms with Gasteiger partial charge in [-0.1, -0.05) is 20.3 Å². The first-order valence-electron chi connectivity index (χ1n) is 7.51. The average molecular weight is 270 g/mol. The third-order valence-electron chi connectivity index (χ3n) is 3.92. The second-order valence-electron chi connectivity index (χ2n) is 6.70. The smallest absolute Gasteiger partial charge is 0.410 e. The molecule has 0 aromatic rings. The lowest BCUT2D eigenvalue weighted by Gasteiger charge is -2.41. The van der Waals surface area contributed by atoms with Crippen molar-refractivity contribution in [2.75, 3.05) is 6.54 Å². The van der Waals surface area contributed by atoms with Gasteiger partial charge in [0.1, 0.15) is 5.60 Å². The monoisotopic (exact) mass is 270 g/mol. The fourth-order valence-electron chi connectivity index (χ4n) is 2.56. The summed E-state index contributed by atoms with van der Waals surface area (Å²) in [5, 5.41) is 0. The molecule has 0 aliphatic carbocycles. The maximum atomic E-state index is 12.3. The summed E-state index contributed by atoms with van der Waals surface area (Å²) in [5.41, 5.74) is 5.90. The SMILES string of the molecule is CCC(C)C(N)C1CCCCN1C(=O)OC(C)(C)C. The maximum Gasteiger partial charge on any atom is 0.410 e. The summed E-state index contributed by atoms with van der Waals surface area (Å²) >= 11 is 0. The Balaban J connectivity index is 2.74. The number of rotatable bonds is 3. The minimum atomic E-state index is -0.445. The molecule has 1 aliphatic heterocycles. The highest BCUT2D eigenvalue weighted by atomic mass is 16.6. The van der Waals surface area contributed by atoms with Gasteiger partial charge in [-0.15, -0.1) is 0 Å². The van der Waals surface area contributed by atoms with Gasteiger partial charge in [0.15, 0.2) is 0 Å². The highest BCUT2D eigenvalue weighted by Crippen LogP contribution is 2.25. The van der Waals surface area contributed by atoms with Crippen LogP contribution >= 0.6 is 0 Å². The second kappa shape index (κ2) is 6.60. The van der Waals surface area contributed by atoms with E-state index in [1.165, 1.54) is 0 Å². The van der Waals surface area contributed by atoms with Crippen molar-refractivity contribution < 1.29 is 9.53 Å². The van der Waals surface area contributed by atoms with Gasteiger partial charge in [0.25, 0.3) is 0 Å². The number of hydrogen-bond acceptors (Lipinski definition) is 3. The van der Waals surface area contributed by atoms with Crippen LogP contribution in [0, 0.1) is 5.92 Å². The second-order valence-corrected chi connectivity index (χ2v) is 6.70. The van der Waals surface area contributed by atoms with Crippen LogP contribution in [0.4, 0.5) is 4.79 Å². The number of nitrogens with two attached hydrogens (primary N) is 1. The lowest BCUT2D eigenvalue weighted by molar-refractivity contribution is 0.00402. The number of nitrogens with zero attached hydrogens (tertiary/aromatic N) is 1. The maximum absolute atomic E-state index is 12.3. The molecular weight excluding hydrogens is 240 g/mol. The highest BCUT2D eigenvalue weighted by molar-refractivity contribution is 5.68. The van der Waals surface area contributed by atoms with Gasteiger partial charge >= 0.3 is 6.09 Å². The van der Waals surface area contributed by atoms with Crippen molar-refractivity contribution in [1.82, 2.24) is 4.90 Å². The first-order chi connectivity index (χ1) is 8.76. The van der Waals surface area contributed by atoms with Gasteiger partial charge in [-0.05, 0) is 46.0 Å². The van der Waals surface area contributed by atoms with E-state index in [2.05, 4.69) is 13.8 Å². The molecule has 1 saturated heterocycles. The Labute approximate surface area is 117 Å². The zero-order valence-electron chi connectivity index (χ0n) is 13.1. The van der Waals surface area contributed by atoms with Crippen LogP contribution in [-0.4, -0.2) is 35.2 Å². The van der Waals surface area contributed by atoms with Crippen molar-refractivity contribution in [2.45, 2.75) is 78.0 Å². The summed E-state index contributed by atoms with van der Waals surface area (Å²) < 4.78 is 5.50. The fraction of sp³-hybridized carbons (Fsp3) is 0.933. The molecule has 1 heterocycles. The van der Waals surface area contributed by atoms with Crippen molar-refractivity contribution in [1.29, 1.82) is 0 Å². The Hall–Kier alpha value is -0.770. The molecule has 1 rings (SSSR count). The van der Waals surface area contributed by atoms with Crippen molar-refractivity contribution in [3.63, 3.8) is 0 Å². The van der Waals surface area contributed by atoms with Crippen LogP contribution in [-0.2, 0) is 4.74 Å². The molecule has 1 aliphatic rings. The van der Waals surface area contributed by atoms with Crippen LogP contribution in [0.25, 0.3) is 0 Å². The van der Waals surface area contributed by atoms with E-state index in [4.69, 9.17) is 10.5 Å². The zero-order chi connectivity index (χ0) is 14.6. The number of amides is 1. The molecule has 1 fully saturated rings. The van der Waals surface area contributed by atoms with Crippen LogP contribution in [0.15, 0.2) is 0 Å². The van der Waals surface area contributed by atoms with Crippen LogP contribution in [0.5, 0.6) is 0 Å². The summed E-state index contributed by atoms with van der Waals surface area (Å²) in [5.74, 6) is 0.424. The molecule has 4 nitrogen and oxygen atoms in total. The normalized spacial score (nSPS) is 23.9. The molecule has 3 atom stereocenters. The van der Waals surface area contributed by atoms with Gasteiger partial charge in [0, 0.05) is 12.6 Å². The van der Waals surface area contributed by atoms with Crippen molar-refractivity contribution in [3.8, 4) is 0 Å². The fourth-order valence-corrected chi connectivity index (χ4v) is 2.56. The van der Waals surface area contributed by atoms with Gasteiger partial charge < -0.3 is 15.4 Å². The average Bonchev–Trinajstić information content (AvgIpc) is 2.35. The summed E-state index contributed by atoms with van der Waals surface area (Å²) in [6.07, 6.45) is 4.01. The van der Waals surface area contributed by atoms with E-state index in [0.29, 0.717) is 5.92 Å². The molecule has 3 unspecified atom stereocenters. The molecule has 0 radical (unpaired) electrons. The Morgan fingerprint density at radius 3 is 2.58 bits per heavy atom. The Kier molecular flexibility index (Phi) is 5.65. The third-order valence-corrected chi connectivity index (χ3v) is 3.92. The van der Waals surface area contributed by atoms with Gasteiger partial charge in [0.05, 0.1) is 6.04 Å². The molecule has 4 heteroatoms. The minimum absolute atomic E-state index is 0.0396. The van der Waals surface area contributed by atoms with Crippen LogP contribution in [0.2, 0.25) is 0 Å². The van der Waals surface area contributed by atoms with Crippen LogP contribution in [0.1, 0.15) is 60.3 Å². The predicted octanol–water partition coefficient (Wildman–Crippen LogP) is 3.15. The Bertz CT molecular complexity index is 299. The first-order valence-corrected chi connectivity index (χ1v) is 7.51. The molecule has 0 bridgehead atoms. The number of likely N-dealkylation sites (tertiary alicyclic amines) is 1. The molecule has 0 saturated carbocycles. The lowest BCUT2D eigenvalue weighted by Crippen LogP contribution is -2.55. The van der Waals surface area contributed by atoms with Gasteiger partial charge in [-0.25, -0.2) is 4.79 Å². The van der Waals surface area contributed by atoms with Gasteiger partial charge in [0.2, 0.25) is 0 Å². The zero-order valence-corrected chi connectivity index (χ0v) is 13.1. The van der Waals surface area contributed by atoms with Gasteiger partial charge in [-0.2, -0.15) is 0 Å². The molecule has 19 heavy (non-hydrogen) atoms. The van der Waals surface area contributed by atoms with E-state index in [1.54, 1.807) is 0 Å². The van der Waals surface area contributed by atoms with E-state index < -0.39 is 5.60 Å². The van der Waals surface area contributed by atoms with Crippen LogP contribution < -0.4 is 5.73 Å². The molecular formula is C15H30N2O2. The topological polar surface area (TPSA) is 55.6 Å². The van der Waals surface area contributed by atoms with E-state index in [1.807, 2.05) is 25.7 Å². The van der Waals surface area contributed by atoms with Gasteiger partial charge in [-0.3, -0.25) is 0 Å². The predicted molar refractivity (Wildman–Crippen MR) is 78.0 cm³/mol. The summed E-state index contributed by atoms with van der Waals surface area (Å²) in [6.45, 7) is 10.8. The molecule has 0 spiro atoms. The third kappa shape index (κ3) is 4.68. The quantitative estimate of drug-likeness (QED) is 0.857. The lowest BCUT2D eigenvalue weighted by atomic mass is 9.87. The van der Waals surface area contributed by atoms with Crippen molar-refractivity contribution in [3.05, 3.63) is 0 Å². The minimum Gasteiger partial charge on any atom is -0.444 e. The number of carbonyl (C=O) groups is 1. The van der Waals surface area contributed by atoms with E-state index >= 15 is 0 Å². The number of piperidine rings is 1. The Morgan fingerprint density at radius 2 is 2.05 bits per heavy atom. The van der Waals surface area contributed by atoms with E-state index in [9.17, 15) is 4.79 Å². The van der Waals surface area contributed by atoms with Crippen molar-refractivity contribution >= 4 is 6.09 Å². The number of carbonyl (C=O) groups excluding carboxylic acids is 1. The molecule has 1 amide bonds. The van der Waals surface area contributed by atoms with Crippen LogP contribution in [0.3, 0.4) is 0 Å². The molecule has 2 N–H and O–H groups in total. The summed E-state index contributed by atoms with van der Waals surface area (Å²) in [6, 6.07) is 0.163. The largest absolute Gasteiger partial charge is 0.444 e. The van der Waals surface area contributed by atoms with E-state index in [0.717, 1.165) is 32.2 Å². The van der Waals surface area contributed by atoms with E-state index in [-0.39, 0.29) is 18.2 Å². The highest BCUT2D eigenvalue weighted by Gasteiger charge is 2.35.